The summed E-state index contributed by atoms with van der Waals surface area (Å²) in [7, 11) is 6.42. The normalized spacial score (nSPS) is 11.0. The Balaban J connectivity index is 1.18. The lowest BCUT2D eigenvalue weighted by molar-refractivity contribution is 0.240. The van der Waals surface area contributed by atoms with Gasteiger partial charge in [-0.05, 0) is 59.7 Å². The van der Waals surface area contributed by atoms with E-state index in [1.54, 1.807) is 39.8 Å². The molecular weight excluding hydrogens is 550 g/mol. The minimum absolute atomic E-state index is 0.480. The van der Waals surface area contributed by atoms with Crippen molar-refractivity contribution in [2.75, 3.05) is 41.7 Å². The molecule has 216 valence electrons. The van der Waals surface area contributed by atoms with E-state index in [0.717, 1.165) is 33.0 Å². The van der Waals surface area contributed by atoms with E-state index < -0.39 is 0 Å². The summed E-state index contributed by atoms with van der Waals surface area (Å²) in [6.45, 7) is 1.00. The molecule has 1 heterocycles. The van der Waals surface area contributed by atoms with E-state index in [4.69, 9.17) is 33.4 Å². The molecule has 0 radical (unpaired) electrons. The number of aromatic nitrogens is 1. The number of hydrogen-bond acceptors (Lipinski definition) is 8. The molecule has 4 aromatic carbocycles. The number of fused-ring (bicyclic) bond motifs is 1. The second-order valence-corrected chi connectivity index (χ2v) is 10.3. The minimum Gasteiger partial charge on any atom is -0.493 e. The second kappa shape index (κ2) is 13.8. The van der Waals surface area contributed by atoms with Crippen LogP contribution in [0.25, 0.3) is 32.9 Å². The first kappa shape index (κ1) is 28.8. The predicted octanol–water partition coefficient (Wildman–Crippen LogP) is 8.02. The molecule has 0 fully saturated rings. The fourth-order valence-corrected chi connectivity index (χ4v) is 5.41. The Bertz CT molecular complexity index is 1620. The largest absolute Gasteiger partial charge is 0.493 e. The number of methoxy groups -OCH3 is 4. The summed E-state index contributed by atoms with van der Waals surface area (Å²) >= 11 is 1.68. The van der Waals surface area contributed by atoms with Crippen molar-refractivity contribution in [2.24, 2.45) is 0 Å². The maximum Gasteiger partial charge on any atom is 0.203 e. The number of para-hydroxylation sites is 1. The average molecular weight is 584 g/mol. The molecule has 0 bridgehead atoms. The quantitative estimate of drug-likeness (QED) is 0.103. The Morgan fingerprint density at radius 3 is 2.10 bits per heavy atom. The molecule has 1 aromatic heterocycles. The molecule has 7 nitrogen and oxygen atoms in total. The van der Waals surface area contributed by atoms with Crippen molar-refractivity contribution in [3.05, 3.63) is 90.0 Å². The van der Waals surface area contributed by atoms with Crippen LogP contribution in [0.4, 0.5) is 0 Å². The molecule has 5 rings (SSSR count). The molecule has 5 aromatic rings. The van der Waals surface area contributed by atoms with E-state index in [1.807, 2.05) is 78.9 Å². The molecule has 0 amide bonds. The topological polar surface area (TPSA) is 68.3 Å². The Morgan fingerprint density at radius 1 is 0.643 bits per heavy atom. The van der Waals surface area contributed by atoms with Gasteiger partial charge in [-0.25, -0.2) is 4.98 Å². The van der Waals surface area contributed by atoms with Crippen molar-refractivity contribution in [1.82, 2.24) is 4.98 Å². The fraction of sp³-hybridized carbons (Fsp3) is 0.206. The zero-order valence-corrected chi connectivity index (χ0v) is 24.9. The van der Waals surface area contributed by atoms with Crippen LogP contribution in [0, 0.1) is 0 Å². The number of thiazole rings is 1. The summed E-state index contributed by atoms with van der Waals surface area (Å²) < 4.78 is 35.1. The molecule has 0 aliphatic carbocycles. The van der Waals surface area contributed by atoms with Crippen LogP contribution < -0.4 is 28.4 Å². The number of rotatable bonds is 13. The third-order valence-electron chi connectivity index (χ3n) is 6.53. The summed E-state index contributed by atoms with van der Waals surface area (Å²) in [5.41, 5.74) is 3.93. The SMILES string of the molecule is COc1ccc(/C=C\c2cc(OC)c(OC)c(OC)c2)cc1OCCCOc1cccc(-c2nc3ccccc3s2)c1. The molecule has 0 aliphatic rings. The fourth-order valence-electron chi connectivity index (χ4n) is 4.45. The van der Waals surface area contributed by atoms with Crippen LogP contribution in [-0.4, -0.2) is 46.6 Å². The molecule has 8 heteroatoms. The number of ether oxygens (including phenoxy) is 6. The Labute approximate surface area is 249 Å². The van der Waals surface area contributed by atoms with Crippen molar-refractivity contribution in [3.8, 4) is 45.1 Å². The first-order chi connectivity index (χ1) is 20.6. The van der Waals surface area contributed by atoms with Gasteiger partial charge in [0.05, 0.1) is 51.9 Å². The average Bonchev–Trinajstić information content (AvgIpc) is 3.48. The van der Waals surface area contributed by atoms with E-state index in [0.29, 0.717) is 48.4 Å². The monoisotopic (exact) mass is 583 g/mol. The molecule has 0 unspecified atom stereocenters. The van der Waals surface area contributed by atoms with E-state index >= 15 is 0 Å². The van der Waals surface area contributed by atoms with Crippen LogP contribution in [0.2, 0.25) is 0 Å². The maximum absolute atomic E-state index is 6.08. The molecule has 0 saturated carbocycles. The van der Waals surface area contributed by atoms with Gasteiger partial charge in [0.1, 0.15) is 10.8 Å². The molecule has 0 spiro atoms. The summed E-state index contributed by atoms with van der Waals surface area (Å²) in [5, 5.41) is 0.983. The van der Waals surface area contributed by atoms with Crippen LogP contribution in [0.15, 0.2) is 78.9 Å². The van der Waals surface area contributed by atoms with Crippen molar-refractivity contribution >= 4 is 33.7 Å². The lowest BCUT2D eigenvalue weighted by Gasteiger charge is -2.13. The highest BCUT2D eigenvalue weighted by Gasteiger charge is 2.12. The van der Waals surface area contributed by atoms with E-state index in [9.17, 15) is 0 Å². The van der Waals surface area contributed by atoms with Gasteiger partial charge in [0.15, 0.2) is 23.0 Å². The predicted molar refractivity (Wildman–Crippen MR) is 169 cm³/mol. The standard InChI is InChI=1S/C34H33NO6S/c1-36-28-16-15-23(13-14-24-20-30(37-2)33(39-4)31(21-24)38-3)19-29(28)41-18-8-17-40-26-10-7-9-25(22-26)34-35-27-11-5-6-12-32(27)42-34/h5-7,9-16,19-22H,8,17-18H2,1-4H3/b14-13-. The third-order valence-corrected chi connectivity index (χ3v) is 7.62. The zero-order chi connectivity index (χ0) is 29.3. The Morgan fingerprint density at radius 2 is 1.36 bits per heavy atom. The highest BCUT2D eigenvalue weighted by Crippen LogP contribution is 2.39. The first-order valence-electron chi connectivity index (χ1n) is 13.5. The van der Waals surface area contributed by atoms with Crippen molar-refractivity contribution in [1.29, 1.82) is 0 Å². The van der Waals surface area contributed by atoms with Gasteiger partial charge in [-0.1, -0.05) is 42.5 Å². The van der Waals surface area contributed by atoms with E-state index in [-0.39, 0.29) is 0 Å². The molecule has 0 aliphatic heterocycles. The number of benzene rings is 4. The van der Waals surface area contributed by atoms with E-state index in [2.05, 4.69) is 12.1 Å². The summed E-state index contributed by atoms with van der Waals surface area (Å²) in [6, 6.07) is 25.8. The third kappa shape index (κ3) is 6.78. The van der Waals surface area contributed by atoms with Crippen LogP contribution >= 0.6 is 11.3 Å². The highest BCUT2D eigenvalue weighted by molar-refractivity contribution is 7.21. The molecule has 0 atom stereocenters. The lowest BCUT2D eigenvalue weighted by Crippen LogP contribution is -2.06. The van der Waals surface area contributed by atoms with Crippen LogP contribution in [0.1, 0.15) is 17.5 Å². The van der Waals surface area contributed by atoms with Crippen molar-refractivity contribution in [3.63, 3.8) is 0 Å². The van der Waals surface area contributed by atoms with Crippen LogP contribution in [-0.2, 0) is 0 Å². The van der Waals surface area contributed by atoms with Crippen molar-refractivity contribution in [2.45, 2.75) is 6.42 Å². The lowest BCUT2D eigenvalue weighted by atomic mass is 10.1. The second-order valence-electron chi connectivity index (χ2n) is 9.27. The van der Waals surface area contributed by atoms with Gasteiger partial charge >= 0.3 is 0 Å². The van der Waals surface area contributed by atoms with Crippen LogP contribution in [0.3, 0.4) is 0 Å². The molecule has 0 saturated heterocycles. The zero-order valence-electron chi connectivity index (χ0n) is 24.1. The van der Waals surface area contributed by atoms with E-state index in [1.165, 1.54) is 4.70 Å². The smallest absolute Gasteiger partial charge is 0.203 e. The van der Waals surface area contributed by atoms with Gasteiger partial charge in [-0.2, -0.15) is 0 Å². The van der Waals surface area contributed by atoms with Gasteiger partial charge in [0.25, 0.3) is 0 Å². The van der Waals surface area contributed by atoms with Gasteiger partial charge < -0.3 is 28.4 Å². The van der Waals surface area contributed by atoms with Gasteiger partial charge in [0.2, 0.25) is 5.75 Å². The maximum atomic E-state index is 6.08. The van der Waals surface area contributed by atoms with Gasteiger partial charge in [-0.15, -0.1) is 11.3 Å². The highest BCUT2D eigenvalue weighted by atomic mass is 32.1. The van der Waals surface area contributed by atoms with Gasteiger partial charge in [0, 0.05) is 12.0 Å². The number of hydrogen-bond donors (Lipinski definition) is 0. The number of nitrogens with zero attached hydrogens (tertiary/aromatic N) is 1. The summed E-state index contributed by atoms with van der Waals surface area (Å²) in [5.74, 6) is 3.90. The van der Waals surface area contributed by atoms with Gasteiger partial charge in [-0.3, -0.25) is 0 Å². The molecular formula is C34H33NO6S. The minimum atomic E-state index is 0.480. The molecule has 42 heavy (non-hydrogen) atoms. The first-order valence-corrected chi connectivity index (χ1v) is 14.3. The Hall–Kier alpha value is -4.69. The summed E-state index contributed by atoms with van der Waals surface area (Å²) in [4.78, 5) is 4.75. The Kier molecular flexibility index (Phi) is 9.46. The molecule has 0 N–H and O–H groups in total. The summed E-state index contributed by atoms with van der Waals surface area (Å²) in [6.07, 6.45) is 4.68. The van der Waals surface area contributed by atoms with Crippen LogP contribution in [0.5, 0.6) is 34.5 Å². The van der Waals surface area contributed by atoms with Crippen molar-refractivity contribution < 1.29 is 28.4 Å².